The molecule has 0 radical (unpaired) electrons. The molecule has 0 aliphatic rings. The summed E-state index contributed by atoms with van der Waals surface area (Å²) in [6, 6.07) is 16.7. The van der Waals surface area contributed by atoms with Crippen LogP contribution in [-0.4, -0.2) is 11.7 Å². The number of hydrogen-bond acceptors (Lipinski definition) is 2. The second-order valence-corrected chi connectivity index (χ2v) is 4.89. The van der Waals surface area contributed by atoms with Gasteiger partial charge in [-0.15, -0.1) is 0 Å². The zero-order valence-electron chi connectivity index (χ0n) is 11.4. The van der Waals surface area contributed by atoms with Gasteiger partial charge in [0.1, 0.15) is 0 Å². The number of hydrogen-bond donors (Lipinski definition) is 2. The molecule has 0 aromatic heterocycles. The third kappa shape index (κ3) is 4.51. The van der Waals surface area contributed by atoms with Gasteiger partial charge in [0, 0.05) is 6.54 Å². The highest BCUT2D eigenvalue weighted by molar-refractivity contribution is 5.23. The first kappa shape index (κ1) is 13.8. The van der Waals surface area contributed by atoms with Gasteiger partial charge in [0.25, 0.3) is 0 Å². The number of aryl methyl sites for hydroxylation is 1. The third-order valence-electron chi connectivity index (χ3n) is 3.21. The van der Waals surface area contributed by atoms with E-state index in [1.807, 2.05) is 12.1 Å². The highest BCUT2D eigenvalue weighted by Crippen LogP contribution is 2.05. The predicted octanol–water partition coefficient (Wildman–Crippen LogP) is 2.82. The largest absolute Gasteiger partial charge is 0.392 e. The lowest BCUT2D eigenvalue weighted by Gasteiger charge is -2.06. The molecule has 0 aliphatic carbocycles. The molecule has 2 heteroatoms. The van der Waals surface area contributed by atoms with Crippen molar-refractivity contribution < 1.29 is 5.11 Å². The lowest BCUT2D eigenvalue weighted by molar-refractivity contribution is 0.282. The zero-order valence-corrected chi connectivity index (χ0v) is 11.4. The van der Waals surface area contributed by atoms with Gasteiger partial charge in [-0.2, -0.15) is 0 Å². The van der Waals surface area contributed by atoms with E-state index in [1.165, 1.54) is 16.7 Å². The Labute approximate surface area is 115 Å². The van der Waals surface area contributed by atoms with E-state index >= 15 is 0 Å². The van der Waals surface area contributed by atoms with Gasteiger partial charge in [-0.05, 0) is 36.6 Å². The van der Waals surface area contributed by atoms with Crippen LogP contribution in [0.5, 0.6) is 0 Å². The first-order valence-electron chi connectivity index (χ1n) is 6.73. The quantitative estimate of drug-likeness (QED) is 0.778. The molecule has 19 heavy (non-hydrogen) atoms. The van der Waals surface area contributed by atoms with E-state index in [0.29, 0.717) is 0 Å². The fourth-order valence-corrected chi connectivity index (χ4v) is 2.10. The lowest BCUT2D eigenvalue weighted by atomic mass is 10.1. The number of aliphatic hydroxyl groups is 1. The number of nitrogens with one attached hydrogen (secondary N) is 1. The van der Waals surface area contributed by atoms with Crippen molar-refractivity contribution in [2.24, 2.45) is 0 Å². The summed E-state index contributed by atoms with van der Waals surface area (Å²) in [6.07, 6.45) is 1.01. The van der Waals surface area contributed by atoms with Crippen LogP contribution in [-0.2, 0) is 19.6 Å². The van der Waals surface area contributed by atoms with Crippen molar-refractivity contribution in [3.63, 3.8) is 0 Å². The van der Waals surface area contributed by atoms with Crippen molar-refractivity contribution in [3.8, 4) is 0 Å². The first-order valence-corrected chi connectivity index (χ1v) is 6.73. The number of benzene rings is 2. The van der Waals surface area contributed by atoms with E-state index < -0.39 is 0 Å². The molecule has 0 bridgehead atoms. The minimum absolute atomic E-state index is 0.117. The van der Waals surface area contributed by atoms with Crippen LogP contribution in [0.15, 0.2) is 48.5 Å². The van der Waals surface area contributed by atoms with Crippen LogP contribution < -0.4 is 5.32 Å². The Morgan fingerprint density at radius 2 is 1.68 bits per heavy atom. The standard InChI is InChI=1S/C17H21NO/c1-14-3-2-4-17(11-14)12-18-10-9-15-5-7-16(13-19)8-6-15/h2-8,11,18-19H,9-10,12-13H2,1H3. The maximum Gasteiger partial charge on any atom is 0.0681 e. The summed E-state index contributed by atoms with van der Waals surface area (Å²) in [5.74, 6) is 0. The Kier molecular flexibility index (Phi) is 5.13. The van der Waals surface area contributed by atoms with Crippen molar-refractivity contribution in [3.05, 3.63) is 70.8 Å². The van der Waals surface area contributed by atoms with Crippen molar-refractivity contribution in [2.75, 3.05) is 6.54 Å². The summed E-state index contributed by atoms with van der Waals surface area (Å²) in [5, 5.41) is 12.4. The second-order valence-electron chi connectivity index (χ2n) is 4.89. The molecule has 100 valence electrons. The summed E-state index contributed by atoms with van der Waals surface area (Å²) in [5.41, 5.74) is 4.90. The predicted molar refractivity (Wildman–Crippen MR) is 79.0 cm³/mol. The molecule has 0 unspecified atom stereocenters. The van der Waals surface area contributed by atoms with Gasteiger partial charge in [0.05, 0.1) is 6.61 Å². The molecule has 0 saturated carbocycles. The molecule has 0 amide bonds. The fourth-order valence-electron chi connectivity index (χ4n) is 2.10. The summed E-state index contributed by atoms with van der Waals surface area (Å²) in [7, 11) is 0. The average Bonchev–Trinajstić information content (AvgIpc) is 2.44. The van der Waals surface area contributed by atoms with Crippen molar-refractivity contribution >= 4 is 0 Å². The molecule has 2 aromatic rings. The second kappa shape index (κ2) is 7.07. The molecular weight excluding hydrogens is 234 g/mol. The molecule has 0 atom stereocenters. The van der Waals surface area contributed by atoms with E-state index in [2.05, 4.69) is 48.6 Å². The van der Waals surface area contributed by atoms with E-state index in [1.54, 1.807) is 0 Å². The van der Waals surface area contributed by atoms with Crippen LogP contribution in [0.4, 0.5) is 0 Å². The smallest absolute Gasteiger partial charge is 0.0681 e. The normalized spacial score (nSPS) is 10.6. The maximum absolute atomic E-state index is 8.98. The Balaban J connectivity index is 1.74. The molecule has 2 nitrogen and oxygen atoms in total. The molecule has 2 N–H and O–H groups in total. The Hall–Kier alpha value is -1.64. The number of aliphatic hydroxyl groups excluding tert-OH is 1. The summed E-state index contributed by atoms with van der Waals surface area (Å²) in [4.78, 5) is 0. The van der Waals surface area contributed by atoms with Crippen LogP contribution in [0.25, 0.3) is 0 Å². The van der Waals surface area contributed by atoms with Crippen LogP contribution in [0.1, 0.15) is 22.3 Å². The lowest BCUT2D eigenvalue weighted by Crippen LogP contribution is -2.16. The molecular formula is C17H21NO. The van der Waals surface area contributed by atoms with Crippen LogP contribution in [0.2, 0.25) is 0 Å². The maximum atomic E-state index is 8.98. The van der Waals surface area contributed by atoms with Crippen molar-refractivity contribution in [1.82, 2.24) is 5.32 Å². The van der Waals surface area contributed by atoms with E-state index in [4.69, 9.17) is 5.11 Å². The van der Waals surface area contributed by atoms with E-state index in [-0.39, 0.29) is 6.61 Å². The third-order valence-corrected chi connectivity index (χ3v) is 3.21. The molecule has 0 saturated heterocycles. The molecule has 0 spiro atoms. The van der Waals surface area contributed by atoms with Crippen molar-refractivity contribution in [1.29, 1.82) is 0 Å². The van der Waals surface area contributed by atoms with Gasteiger partial charge in [0.15, 0.2) is 0 Å². The van der Waals surface area contributed by atoms with Gasteiger partial charge < -0.3 is 10.4 Å². The van der Waals surface area contributed by atoms with E-state index in [0.717, 1.165) is 25.1 Å². The Bertz CT molecular complexity index is 505. The van der Waals surface area contributed by atoms with Gasteiger partial charge >= 0.3 is 0 Å². The monoisotopic (exact) mass is 255 g/mol. The minimum atomic E-state index is 0.117. The summed E-state index contributed by atoms with van der Waals surface area (Å²) >= 11 is 0. The summed E-state index contributed by atoms with van der Waals surface area (Å²) < 4.78 is 0. The van der Waals surface area contributed by atoms with Crippen LogP contribution in [0.3, 0.4) is 0 Å². The molecule has 0 heterocycles. The zero-order chi connectivity index (χ0) is 13.5. The van der Waals surface area contributed by atoms with Gasteiger partial charge in [0.2, 0.25) is 0 Å². The minimum Gasteiger partial charge on any atom is -0.392 e. The number of rotatable bonds is 6. The molecule has 2 rings (SSSR count). The van der Waals surface area contributed by atoms with Crippen LogP contribution in [0, 0.1) is 6.92 Å². The van der Waals surface area contributed by atoms with E-state index in [9.17, 15) is 0 Å². The van der Waals surface area contributed by atoms with Crippen molar-refractivity contribution in [2.45, 2.75) is 26.5 Å². The van der Waals surface area contributed by atoms with Gasteiger partial charge in [-0.1, -0.05) is 54.1 Å². The Morgan fingerprint density at radius 1 is 0.947 bits per heavy atom. The SMILES string of the molecule is Cc1cccc(CNCCc2ccc(CO)cc2)c1. The summed E-state index contributed by atoms with van der Waals surface area (Å²) in [6.45, 7) is 4.11. The topological polar surface area (TPSA) is 32.3 Å². The first-order chi connectivity index (χ1) is 9.28. The molecule has 0 aliphatic heterocycles. The van der Waals surface area contributed by atoms with Crippen LogP contribution >= 0.6 is 0 Å². The van der Waals surface area contributed by atoms with Gasteiger partial charge in [-0.25, -0.2) is 0 Å². The van der Waals surface area contributed by atoms with Gasteiger partial charge in [-0.3, -0.25) is 0 Å². The molecule has 0 fully saturated rings. The fraction of sp³-hybridized carbons (Fsp3) is 0.294. The highest BCUT2D eigenvalue weighted by atomic mass is 16.3. The molecule has 2 aromatic carbocycles. The average molecular weight is 255 g/mol. The highest BCUT2D eigenvalue weighted by Gasteiger charge is 1.96. The Morgan fingerprint density at radius 3 is 2.37 bits per heavy atom.